The topological polar surface area (TPSA) is 62.1 Å². The van der Waals surface area contributed by atoms with Gasteiger partial charge < -0.3 is 9.47 Å². The summed E-state index contributed by atoms with van der Waals surface area (Å²) >= 11 is 0. The third-order valence-corrected chi connectivity index (χ3v) is 3.94. The quantitative estimate of drug-likeness (QED) is 0.690. The van der Waals surface area contributed by atoms with E-state index in [0.29, 0.717) is 13.2 Å². The molecule has 22 heavy (non-hydrogen) atoms. The lowest BCUT2D eigenvalue weighted by Gasteiger charge is -2.19. The molecule has 0 unspecified atom stereocenters. The highest BCUT2D eigenvalue weighted by Crippen LogP contribution is 2.33. The predicted octanol–water partition coefficient (Wildman–Crippen LogP) is 2.51. The van der Waals surface area contributed by atoms with Crippen LogP contribution in [0, 0.1) is 20.8 Å². The largest absolute Gasteiger partial charge is 0.486 e. The first-order valence-electron chi connectivity index (χ1n) is 7.24. The van der Waals surface area contributed by atoms with E-state index in [-0.39, 0.29) is 0 Å². The van der Waals surface area contributed by atoms with Crippen LogP contribution in [0.15, 0.2) is 18.2 Å². The van der Waals surface area contributed by atoms with E-state index < -0.39 is 0 Å². The molecule has 6 nitrogen and oxygen atoms in total. The molecular weight excluding hydrogens is 280 g/mol. The lowest BCUT2D eigenvalue weighted by molar-refractivity contribution is 0.171. The molecule has 4 rings (SSSR count). The summed E-state index contributed by atoms with van der Waals surface area (Å²) in [5.74, 6) is 1.53. The van der Waals surface area contributed by atoms with Crippen LogP contribution in [0.3, 0.4) is 0 Å². The van der Waals surface area contributed by atoms with E-state index >= 15 is 0 Å². The SMILES string of the molecule is Cc1nnc(C)c2c(C)n(-c3ccc4c(c3)OCCO4)nc12. The Morgan fingerprint density at radius 3 is 2.45 bits per heavy atom. The van der Waals surface area contributed by atoms with E-state index in [0.717, 1.165) is 45.2 Å². The number of benzene rings is 1. The molecule has 0 bridgehead atoms. The summed E-state index contributed by atoms with van der Waals surface area (Å²) in [6.45, 7) is 7.09. The number of hydrogen-bond acceptors (Lipinski definition) is 5. The maximum Gasteiger partial charge on any atom is 0.163 e. The average molecular weight is 296 g/mol. The zero-order chi connectivity index (χ0) is 15.3. The van der Waals surface area contributed by atoms with Crippen LogP contribution in [0.25, 0.3) is 16.6 Å². The summed E-state index contributed by atoms with van der Waals surface area (Å²) in [6, 6.07) is 5.86. The molecule has 0 saturated carbocycles. The minimum Gasteiger partial charge on any atom is -0.486 e. The lowest BCUT2D eigenvalue weighted by atomic mass is 10.2. The molecule has 1 aliphatic rings. The fraction of sp³-hybridized carbons (Fsp3) is 0.312. The molecule has 0 aliphatic carbocycles. The molecule has 1 aromatic carbocycles. The van der Waals surface area contributed by atoms with Gasteiger partial charge in [-0.15, -0.1) is 0 Å². The number of hydrogen-bond donors (Lipinski definition) is 0. The number of ether oxygens (including phenoxy) is 2. The first-order chi connectivity index (χ1) is 10.6. The van der Waals surface area contributed by atoms with Crippen molar-refractivity contribution in [3.8, 4) is 17.2 Å². The summed E-state index contributed by atoms with van der Waals surface area (Å²) in [6.07, 6.45) is 0. The zero-order valence-electron chi connectivity index (χ0n) is 12.8. The van der Waals surface area contributed by atoms with Gasteiger partial charge in [0.15, 0.2) is 11.5 Å². The van der Waals surface area contributed by atoms with Crippen LogP contribution in [-0.2, 0) is 0 Å². The van der Waals surface area contributed by atoms with E-state index in [4.69, 9.17) is 14.6 Å². The molecule has 0 radical (unpaired) electrons. The highest BCUT2D eigenvalue weighted by molar-refractivity contribution is 5.85. The molecule has 6 heteroatoms. The Bertz CT molecular complexity index is 885. The fourth-order valence-corrected chi connectivity index (χ4v) is 2.85. The minimum absolute atomic E-state index is 0.572. The molecule has 0 saturated heterocycles. The van der Waals surface area contributed by atoms with Gasteiger partial charge in [0, 0.05) is 11.5 Å². The summed E-state index contributed by atoms with van der Waals surface area (Å²) in [5.41, 5.74) is 4.60. The molecule has 0 amide bonds. The van der Waals surface area contributed by atoms with E-state index in [1.54, 1.807) is 0 Å². The van der Waals surface area contributed by atoms with Gasteiger partial charge in [0.25, 0.3) is 0 Å². The van der Waals surface area contributed by atoms with E-state index in [2.05, 4.69) is 10.2 Å². The highest BCUT2D eigenvalue weighted by Gasteiger charge is 2.17. The van der Waals surface area contributed by atoms with Gasteiger partial charge in [-0.1, -0.05) is 0 Å². The van der Waals surface area contributed by atoms with E-state index in [1.807, 2.05) is 43.7 Å². The van der Waals surface area contributed by atoms with Gasteiger partial charge in [-0.05, 0) is 32.9 Å². The summed E-state index contributed by atoms with van der Waals surface area (Å²) < 4.78 is 13.1. The summed E-state index contributed by atoms with van der Waals surface area (Å²) in [7, 11) is 0. The predicted molar refractivity (Wildman–Crippen MR) is 81.9 cm³/mol. The van der Waals surface area contributed by atoms with Crippen molar-refractivity contribution in [2.45, 2.75) is 20.8 Å². The lowest BCUT2D eigenvalue weighted by Crippen LogP contribution is -2.15. The molecule has 0 spiro atoms. The Hall–Kier alpha value is -2.63. The van der Waals surface area contributed by atoms with Crippen molar-refractivity contribution in [1.82, 2.24) is 20.0 Å². The molecular formula is C16H16N4O2. The number of rotatable bonds is 1. The normalized spacial score (nSPS) is 13.6. The first-order valence-corrected chi connectivity index (χ1v) is 7.24. The van der Waals surface area contributed by atoms with Gasteiger partial charge in [-0.3, -0.25) is 0 Å². The highest BCUT2D eigenvalue weighted by atomic mass is 16.6. The van der Waals surface area contributed by atoms with Crippen molar-refractivity contribution < 1.29 is 9.47 Å². The van der Waals surface area contributed by atoms with Crippen LogP contribution in [0.4, 0.5) is 0 Å². The molecule has 2 aromatic heterocycles. The zero-order valence-corrected chi connectivity index (χ0v) is 12.8. The maximum atomic E-state index is 5.66. The molecule has 0 N–H and O–H groups in total. The van der Waals surface area contributed by atoms with Crippen molar-refractivity contribution in [3.63, 3.8) is 0 Å². The third-order valence-electron chi connectivity index (χ3n) is 3.94. The third kappa shape index (κ3) is 1.83. The van der Waals surface area contributed by atoms with Crippen molar-refractivity contribution in [3.05, 3.63) is 35.3 Å². The first kappa shape index (κ1) is 13.1. The number of aromatic nitrogens is 4. The van der Waals surface area contributed by atoms with Gasteiger partial charge in [-0.2, -0.15) is 15.3 Å². The molecule has 3 aromatic rings. The van der Waals surface area contributed by atoms with Gasteiger partial charge in [0.2, 0.25) is 0 Å². The van der Waals surface area contributed by atoms with Crippen molar-refractivity contribution in [1.29, 1.82) is 0 Å². The monoisotopic (exact) mass is 296 g/mol. The molecule has 0 atom stereocenters. The second-order valence-corrected chi connectivity index (χ2v) is 5.42. The van der Waals surface area contributed by atoms with Crippen LogP contribution in [0.1, 0.15) is 17.1 Å². The van der Waals surface area contributed by atoms with Gasteiger partial charge >= 0.3 is 0 Å². The smallest absolute Gasteiger partial charge is 0.163 e. The molecule has 1 aliphatic heterocycles. The Morgan fingerprint density at radius 1 is 0.955 bits per heavy atom. The molecule has 112 valence electrons. The second-order valence-electron chi connectivity index (χ2n) is 5.42. The number of nitrogens with zero attached hydrogens (tertiary/aromatic N) is 4. The van der Waals surface area contributed by atoms with Gasteiger partial charge in [0.1, 0.15) is 18.7 Å². The van der Waals surface area contributed by atoms with Gasteiger partial charge in [-0.25, -0.2) is 4.68 Å². The van der Waals surface area contributed by atoms with Crippen molar-refractivity contribution in [2.75, 3.05) is 13.2 Å². The van der Waals surface area contributed by atoms with Crippen LogP contribution < -0.4 is 9.47 Å². The Kier molecular flexibility index (Phi) is 2.79. The molecule has 0 fully saturated rings. The Labute approximate surface area is 127 Å². The van der Waals surface area contributed by atoms with Crippen LogP contribution in [-0.4, -0.2) is 33.2 Å². The Morgan fingerprint density at radius 2 is 1.68 bits per heavy atom. The minimum atomic E-state index is 0.572. The summed E-state index contributed by atoms with van der Waals surface area (Å²) in [4.78, 5) is 0. The molecule has 3 heterocycles. The maximum absolute atomic E-state index is 5.66. The second kappa shape index (κ2) is 4.69. The van der Waals surface area contributed by atoms with Crippen LogP contribution in [0.2, 0.25) is 0 Å². The van der Waals surface area contributed by atoms with Gasteiger partial charge in [0.05, 0.1) is 22.8 Å². The Balaban J connectivity index is 1.93. The summed E-state index contributed by atoms with van der Waals surface area (Å²) in [5, 5.41) is 14.1. The van der Waals surface area contributed by atoms with Crippen molar-refractivity contribution in [2.24, 2.45) is 0 Å². The van der Waals surface area contributed by atoms with Crippen LogP contribution >= 0.6 is 0 Å². The van der Waals surface area contributed by atoms with E-state index in [9.17, 15) is 0 Å². The fourth-order valence-electron chi connectivity index (χ4n) is 2.85. The average Bonchev–Trinajstić information content (AvgIpc) is 2.89. The van der Waals surface area contributed by atoms with E-state index in [1.165, 1.54) is 0 Å². The number of fused-ring (bicyclic) bond motifs is 2. The standard InChI is InChI=1S/C16H16N4O2/c1-9-15-11(3)20(19-16(15)10(2)18-17-9)12-4-5-13-14(8-12)22-7-6-21-13/h4-5,8H,6-7H2,1-3H3. The number of aryl methyl sites for hydroxylation is 3. The van der Waals surface area contributed by atoms with Crippen LogP contribution in [0.5, 0.6) is 11.5 Å². The van der Waals surface area contributed by atoms with Crippen molar-refractivity contribution >= 4 is 10.9 Å².